The number of halogens is 3. The van der Waals surface area contributed by atoms with Gasteiger partial charge >= 0.3 is 5.97 Å². The first-order chi connectivity index (χ1) is 9.88. The third-order valence-electron chi connectivity index (χ3n) is 2.64. The molecule has 1 amide bonds. The van der Waals surface area contributed by atoms with E-state index in [1.165, 1.54) is 18.2 Å². The summed E-state index contributed by atoms with van der Waals surface area (Å²) in [5.74, 6) is -1.52. The first-order valence-electron chi connectivity index (χ1n) is 5.67. The normalized spacial score (nSPS) is 10.2. The lowest BCUT2D eigenvalue weighted by Crippen LogP contribution is -2.13. The maximum absolute atomic E-state index is 12.1. The highest BCUT2D eigenvalue weighted by Gasteiger charge is 2.13. The maximum Gasteiger partial charge on any atom is 0.335 e. The van der Waals surface area contributed by atoms with Crippen molar-refractivity contribution in [2.45, 2.75) is 0 Å². The number of carboxylic acid groups (broad SMARTS) is 1. The molecule has 2 N–H and O–H groups in total. The number of carboxylic acids is 1. The van der Waals surface area contributed by atoms with Crippen LogP contribution in [-0.4, -0.2) is 17.0 Å². The standard InChI is InChI=1S/C14H8BrCl2NO3/c15-8-2-3-9(10(16)6-8)13(19)18-12-4-1-7(14(20)21)5-11(12)17/h1-6H,(H,18,19)(H,20,21). The van der Waals surface area contributed by atoms with Gasteiger partial charge in [0.1, 0.15) is 0 Å². The van der Waals surface area contributed by atoms with E-state index in [4.69, 9.17) is 28.3 Å². The Morgan fingerprint density at radius 2 is 1.76 bits per heavy atom. The van der Waals surface area contributed by atoms with Crippen molar-refractivity contribution < 1.29 is 14.7 Å². The molecule has 4 nitrogen and oxygen atoms in total. The monoisotopic (exact) mass is 387 g/mol. The third kappa shape index (κ3) is 3.75. The summed E-state index contributed by atoms with van der Waals surface area (Å²) in [6.45, 7) is 0. The summed E-state index contributed by atoms with van der Waals surface area (Å²) in [6, 6.07) is 8.91. The highest BCUT2D eigenvalue weighted by Crippen LogP contribution is 2.26. The Morgan fingerprint density at radius 1 is 1.05 bits per heavy atom. The van der Waals surface area contributed by atoms with Crippen LogP contribution in [0.4, 0.5) is 5.69 Å². The topological polar surface area (TPSA) is 66.4 Å². The fraction of sp³-hybridized carbons (Fsp3) is 0. The number of hydrogen-bond acceptors (Lipinski definition) is 2. The van der Waals surface area contributed by atoms with E-state index in [0.717, 1.165) is 4.47 Å². The number of benzene rings is 2. The van der Waals surface area contributed by atoms with Gasteiger partial charge in [0.15, 0.2) is 0 Å². The second kappa shape index (κ2) is 6.47. The zero-order valence-electron chi connectivity index (χ0n) is 10.4. The molecule has 0 aliphatic heterocycles. The molecule has 0 unspecified atom stereocenters. The summed E-state index contributed by atoms with van der Waals surface area (Å²) in [7, 11) is 0. The predicted molar refractivity (Wildman–Crippen MR) is 85.5 cm³/mol. The van der Waals surface area contributed by atoms with E-state index < -0.39 is 11.9 Å². The Hall–Kier alpha value is -1.56. The van der Waals surface area contributed by atoms with E-state index in [1.807, 2.05) is 0 Å². The summed E-state index contributed by atoms with van der Waals surface area (Å²) in [5.41, 5.74) is 0.642. The molecular formula is C14H8BrCl2NO3. The lowest BCUT2D eigenvalue weighted by atomic mass is 10.2. The lowest BCUT2D eigenvalue weighted by Gasteiger charge is -2.09. The molecule has 0 aromatic heterocycles. The number of nitrogens with one attached hydrogen (secondary N) is 1. The smallest absolute Gasteiger partial charge is 0.335 e. The molecule has 2 rings (SSSR count). The van der Waals surface area contributed by atoms with Crippen molar-refractivity contribution in [1.82, 2.24) is 0 Å². The molecule has 0 fully saturated rings. The van der Waals surface area contributed by atoms with Gasteiger partial charge in [0, 0.05) is 4.47 Å². The number of hydrogen-bond donors (Lipinski definition) is 2. The van der Waals surface area contributed by atoms with Crippen LogP contribution in [0, 0.1) is 0 Å². The molecule has 0 radical (unpaired) electrons. The summed E-state index contributed by atoms with van der Waals surface area (Å²) in [6.07, 6.45) is 0. The third-order valence-corrected chi connectivity index (χ3v) is 3.76. The Labute approximate surface area is 138 Å². The minimum absolute atomic E-state index is 0.0414. The van der Waals surface area contributed by atoms with E-state index in [0.29, 0.717) is 16.3 Å². The Morgan fingerprint density at radius 3 is 2.33 bits per heavy atom. The molecule has 2 aromatic carbocycles. The van der Waals surface area contributed by atoms with Gasteiger partial charge in [0.2, 0.25) is 0 Å². The molecular weight excluding hydrogens is 381 g/mol. The van der Waals surface area contributed by atoms with Crippen molar-refractivity contribution in [3.05, 3.63) is 62.0 Å². The first-order valence-corrected chi connectivity index (χ1v) is 7.22. The van der Waals surface area contributed by atoms with Crippen LogP contribution in [0.3, 0.4) is 0 Å². The van der Waals surface area contributed by atoms with E-state index in [-0.39, 0.29) is 10.6 Å². The Bertz CT molecular complexity index is 734. The van der Waals surface area contributed by atoms with Crippen LogP contribution >= 0.6 is 39.1 Å². The summed E-state index contributed by atoms with van der Waals surface area (Å²) < 4.78 is 0.757. The maximum atomic E-state index is 12.1. The SMILES string of the molecule is O=C(O)c1ccc(NC(=O)c2ccc(Br)cc2Cl)c(Cl)c1. The van der Waals surface area contributed by atoms with Gasteiger partial charge in [-0.25, -0.2) is 4.79 Å². The van der Waals surface area contributed by atoms with Crippen LogP contribution in [0.1, 0.15) is 20.7 Å². The Balaban J connectivity index is 2.25. The molecule has 7 heteroatoms. The summed E-state index contributed by atoms with van der Waals surface area (Å²) in [4.78, 5) is 22.9. The molecule has 108 valence electrons. The minimum Gasteiger partial charge on any atom is -0.478 e. The highest BCUT2D eigenvalue weighted by atomic mass is 79.9. The van der Waals surface area contributed by atoms with Crippen molar-refractivity contribution in [2.24, 2.45) is 0 Å². The molecule has 0 saturated heterocycles. The number of rotatable bonds is 3. The zero-order chi connectivity index (χ0) is 15.6. The molecule has 0 aliphatic rings. The van der Waals surface area contributed by atoms with Crippen LogP contribution in [-0.2, 0) is 0 Å². The second-order valence-corrected chi connectivity index (χ2v) is 5.81. The van der Waals surface area contributed by atoms with Crippen LogP contribution in [0.5, 0.6) is 0 Å². The average molecular weight is 389 g/mol. The number of aromatic carboxylic acids is 1. The molecule has 21 heavy (non-hydrogen) atoms. The second-order valence-electron chi connectivity index (χ2n) is 4.08. The number of amides is 1. The highest BCUT2D eigenvalue weighted by molar-refractivity contribution is 9.10. The molecule has 0 heterocycles. The van der Waals surface area contributed by atoms with Crippen molar-refractivity contribution in [3.63, 3.8) is 0 Å². The summed E-state index contributed by atoms with van der Waals surface area (Å²) in [5, 5.41) is 11.9. The van der Waals surface area contributed by atoms with Gasteiger partial charge in [-0.3, -0.25) is 4.79 Å². The Kier molecular flexibility index (Phi) is 4.88. The van der Waals surface area contributed by atoms with Gasteiger partial charge in [-0.1, -0.05) is 39.1 Å². The first kappa shape index (κ1) is 15.8. The van der Waals surface area contributed by atoms with Crippen LogP contribution in [0.2, 0.25) is 10.0 Å². The van der Waals surface area contributed by atoms with E-state index >= 15 is 0 Å². The van der Waals surface area contributed by atoms with Crippen LogP contribution in [0.15, 0.2) is 40.9 Å². The minimum atomic E-state index is -1.09. The van der Waals surface area contributed by atoms with Crippen LogP contribution in [0.25, 0.3) is 0 Å². The van der Waals surface area contributed by atoms with Gasteiger partial charge < -0.3 is 10.4 Å². The van der Waals surface area contributed by atoms with Crippen molar-refractivity contribution in [2.75, 3.05) is 5.32 Å². The van der Waals surface area contributed by atoms with E-state index in [2.05, 4.69) is 21.2 Å². The quantitative estimate of drug-likeness (QED) is 0.800. The van der Waals surface area contributed by atoms with Gasteiger partial charge in [-0.05, 0) is 36.4 Å². The van der Waals surface area contributed by atoms with E-state index in [1.54, 1.807) is 18.2 Å². The molecule has 0 aliphatic carbocycles. The van der Waals surface area contributed by atoms with Crippen molar-refractivity contribution in [3.8, 4) is 0 Å². The largest absolute Gasteiger partial charge is 0.478 e. The van der Waals surface area contributed by atoms with Gasteiger partial charge in [-0.15, -0.1) is 0 Å². The van der Waals surface area contributed by atoms with Gasteiger partial charge in [0.05, 0.1) is 26.9 Å². The number of carbonyl (C=O) groups excluding carboxylic acids is 1. The fourth-order valence-electron chi connectivity index (χ4n) is 1.61. The lowest BCUT2D eigenvalue weighted by molar-refractivity contribution is 0.0696. The van der Waals surface area contributed by atoms with Crippen molar-refractivity contribution >= 4 is 56.7 Å². The zero-order valence-corrected chi connectivity index (χ0v) is 13.5. The van der Waals surface area contributed by atoms with Crippen LogP contribution < -0.4 is 5.32 Å². The van der Waals surface area contributed by atoms with Gasteiger partial charge in [0.25, 0.3) is 5.91 Å². The van der Waals surface area contributed by atoms with E-state index in [9.17, 15) is 9.59 Å². The predicted octanol–water partition coefficient (Wildman–Crippen LogP) is 4.71. The van der Waals surface area contributed by atoms with Gasteiger partial charge in [-0.2, -0.15) is 0 Å². The molecule has 2 aromatic rings. The average Bonchev–Trinajstić information content (AvgIpc) is 2.40. The molecule has 0 saturated carbocycles. The molecule has 0 spiro atoms. The molecule has 0 atom stereocenters. The molecule has 0 bridgehead atoms. The number of anilines is 1. The fourth-order valence-corrected chi connectivity index (χ4v) is 2.60. The number of carbonyl (C=O) groups is 2. The summed E-state index contributed by atoms with van der Waals surface area (Å²) >= 11 is 15.2. The van der Waals surface area contributed by atoms with Crippen molar-refractivity contribution in [1.29, 1.82) is 0 Å².